The van der Waals surface area contributed by atoms with Gasteiger partial charge < -0.3 is 5.32 Å². The fourth-order valence-corrected chi connectivity index (χ4v) is 5.37. The summed E-state index contributed by atoms with van der Waals surface area (Å²) in [5.41, 5.74) is 3.80. The monoisotopic (exact) mass is 354 g/mol. The first-order chi connectivity index (χ1) is 12.0. The van der Waals surface area contributed by atoms with E-state index in [0.29, 0.717) is 24.2 Å². The minimum absolute atomic E-state index is 0.116. The lowest BCUT2D eigenvalue weighted by atomic mass is 10.1. The van der Waals surface area contributed by atoms with Crippen LogP contribution in [0, 0.1) is 24.2 Å². The molecule has 1 atom stereocenters. The summed E-state index contributed by atoms with van der Waals surface area (Å²) >= 11 is 0. The summed E-state index contributed by atoms with van der Waals surface area (Å²) in [6.45, 7) is 2.48. The Labute approximate surface area is 146 Å². The smallest absolute Gasteiger partial charge is 0.157 e. The van der Waals surface area contributed by atoms with Crippen LogP contribution in [-0.2, 0) is 9.84 Å². The number of pyridine rings is 1. The molecule has 0 radical (unpaired) electrons. The van der Waals surface area contributed by atoms with E-state index in [1.807, 2.05) is 41.7 Å². The van der Waals surface area contributed by atoms with Crippen LogP contribution in [-0.4, -0.2) is 35.9 Å². The number of anilines is 1. The fourth-order valence-electron chi connectivity index (χ4n) is 3.51. The van der Waals surface area contributed by atoms with Crippen molar-refractivity contribution in [2.75, 3.05) is 23.4 Å². The lowest BCUT2D eigenvalue weighted by Crippen LogP contribution is -2.17. The normalized spacial score (nSPS) is 19.3. The third-order valence-corrected chi connectivity index (χ3v) is 6.62. The number of benzene rings is 1. The molecule has 4 rings (SSSR count). The average molecular weight is 354 g/mol. The molecule has 3 heterocycles. The van der Waals surface area contributed by atoms with Crippen LogP contribution in [0.4, 0.5) is 5.82 Å². The van der Waals surface area contributed by atoms with Crippen LogP contribution in [0.1, 0.15) is 17.5 Å². The van der Waals surface area contributed by atoms with Crippen LogP contribution in [0.3, 0.4) is 0 Å². The SMILES string of the molecule is Cc1cc(NCC2CCS(=O)(=O)C2)n2c(nc3ccccc32)c1C#N. The molecule has 0 amide bonds. The Morgan fingerprint density at radius 3 is 2.92 bits per heavy atom. The standard InChI is InChI=1S/C18H18N4O2S/c1-12-8-17(20-10-13-6-7-25(23,24)11-13)22-16-5-3-2-4-15(16)21-18(22)14(12)9-19/h2-5,8,13,20H,6-7,10-11H2,1H3. The second-order valence-corrected chi connectivity index (χ2v) is 8.84. The summed E-state index contributed by atoms with van der Waals surface area (Å²) in [7, 11) is -2.89. The number of aromatic nitrogens is 2. The zero-order valence-electron chi connectivity index (χ0n) is 13.9. The zero-order chi connectivity index (χ0) is 17.6. The number of hydrogen-bond acceptors (Lipinski definition) is 5. The maximum Gasteiger partial charge on any atom is 0.157 e. The van der Waals surface area contributed by atoms with E-state index in [1.54, 1.807) is 0 Å². The van der Waals surface area contributed by atoms with Gasteiger partial charge in [-0.2, -0.15) is 5.26 Å². The van der Waals surface area contributed by atoms with Gasteiger partial charge in [0.1, 0.15) is 11.9 Å². The second-order valence-electron chi connectivity index (χ2n) is 6.61. The summed E-state index contributed by atoms with van der Waals surface area (Å²) in [5.74, 6) is 1.47. The summed E-state index contributed by atoms with van der Waals surface area (Å²) in [6.07, 6.45) is 0.693. The van der Waals surface area contributed by atoms with Crippen molar-refractivity contribution >= 4 is 32.3 Å². The van der Waals surface area contributed by atoms with Crippen LogP contribution >= 0.6 is 0 Å². The molecule has 0 bridgehead atoms. The van der Waals surface area contributed by atoms with Crippen LogP contribution in [0.15, 0.2) is 30.3 Å². The minimum Gasteiger partial charge on any atom is -0.371 e. The topological polar surface area (TPSA) is 87.3 Å². The first kappa shape index (κ1) is 15.9. The van der Waals surface area contributed by atoms with E-state index < -0.39 is 9.84 Å². The van der Waals surface area contributed by atoms with Gasteiger partial charge >= 0.3 is 0 Å². The van der Waals surface area contributed by atoms with E-state index in [9.17, 15) is 13.7 Å². The molecule has 25 heavy (non-hydrogen) atoms. The molecule has 1 aromatic carbocycles. The Morgan fingerprint density at radius 1 is 1.40 bits per heavy atom. The van der Waals surface area contributed by atoms with Gasteiger partial charge in [-0.3, -0.25) is 4.40 Å². The molecule has 0 spiro atoms. The molecule has 7 heteroatoms. The van der Waals surface area contributed by atoms with E-state index in [2.05, 4.69) is 16.4 Å². The van der Waals surface area contributed by atoms with Crippen molar-refractivity contribution in [1.29, 1.82) is 5.26 Å². The number of nitrogens with zero attached hydrogens (tertiary/aromatic N) is 3. The highest BCUT2D eigenvalue weighted by Gasteiger charge is 2.27. The van der Waals surface area contributed by atoms with Crippen molar-refractivity contribution in [1.82, 2.24) is 9.38 Å². The number of hydrogen-bond donors (Lipinski definition) is 1. The van der Waals surface area contributed by atoms with Gasteiger partial charge in [-0.05, 0) is 43.0 Å². The number of sulfone groups is 1. The first-order valence-corrected chi connectivity index (χ1v) is 10.1. The van der Waals surface area contributed by atoms with E-state index in [4.69, 9.17) is 0 Å². The van der Waals surface area contributed by atoms with E-state index >= 15 is 0 Å². The molecular formula is C18H18N4O2S. The zero-order valence-corrected chi connectivity index (χ0v) is 14.7. The molecule has 1 N–H and O–H groups in total. The Bertz CT molecular complexity index is 1130. The van der Waals surface area contributed by atoms with Gasteiger partial charge in [0.25, 0.3) is 0 Å². The molecular weight excluding hydrogens is 336 g/mol. The number of para-hydroxylation sites is 2. The predicted molar refractivity (Wildman–Crippen MR) is 97.4 cm³/mol. The molecule has 1 aliphatic rings. The second kappa shape index (κ2) is 5.74. The molecule has 1 fully saturated rings. The lowest BCUT2D eigenvalue weighted by Gasteiger charge is -2.15. The van der Waals surface area contributed by atoms with Gasteiger partial charge in [0.15, 0.2) is 15.5 Å². The molecule has 128 valence electrons. The van der Waals surface area contributed by atoms with Crippen molar-refractivity contribution in [3.8, 4) is 6.07 Å². The Hall–Kier alpha value is -2.59. The predicted octanol–water partition coefficient (Wildman–Crippen LogP) is 2.51. The number of rotatable bonds is 3. The van der Waals surface area contributed by atoms with Crippen LogP contribution in [0.25, 0.3) is 16.7 Å². The third kappa shape index (κ3) is 2.72. The molecule has 6 nitrogen and oxygen atoms in total. The molecule has 1 saturated heterocycles. The molecule has 3 aromatic rings. The highest BCUT2D eigenvalue weighted by Crippen LogP contribution is 2.27. The maximum absolute atomic E-state index is 11.7. The number of imidazole rings is 1. The molecule has 0 saturated carbocycles. The highest BCUT2D eigenvalue weighted by atomic mass is 32.2. The third-order valence-electron chi connectivity index (χ3n) is 4.78. The first-order valence-electron chi connectivity index (χ1n) is 8.24. The van der Waals surface area contributed by atoms with E-state index in [-0.39, 0.29) is 17.4 Å². The van der Waals surface area contributed by atoms with Crippen molar-refractivity contribution in [3.63, 3.8) is 0 Å². The van der Waals surface area contributed by atoms with Crippen LogP contribution in [0.2, 0.25) is 0 Å². The Balaban J connectivity index is 1.79. The summed E-state index contributed by atoms with van der Waals surface area (Å²) in [4.78, 5) is 4.61. The number of nitrogens with one attached hydrogen (secondary N) is 1. The summed E-state index contributed by atoms with van der Waals surface area (Å²) in [5, 5.41) is 12.9. The highest BCUT2D eigenvalue weighted by molar-refractivity contribution is 7.91. The summed E-state index contributed by atoms with van der Waals surface area (Å²) < 4.78 is 25.3. The van der Waals surface area contributed by atoms with Crippen molar-refractivity contribution < 1.29 is 8.42 Å². The van der Waals surface area contributed by atoms with Gasteiger partial charge in [-0.25, -0.2) is 13.4 Å². The van der Waals surface area contributed by atoms with Crippen LogP contribution < -0.4 is 5.32 Å². The minimum atomic E-state index is -2.89. The molecule has 1 aliphatic heterocycles. The van der Waals surface area contributed by atoms with Crippen molar-refractivity contribution in [2.45, 2.75) is 13.3 Å². The van der Waals surface area contributed by atoms with Crippen LogP contribution in [0.5, 0.6) is 0 Å². The van der Waals surface area contributed by atoms with Gasteiger partial charge in [-0.1, -0.05) is 12.1 Å². The quantitative estimate of drug-likeness (QED) is 0.781. The Kier molecular flexibility index (Phi) is 3.65. The molecule has 2 aromatic heterocycles. The van der Waals surface area contributed by atoms with Gasteiger partial charge in [0.2, 0.25) is 0 Å². The fraction of sp³-hybridized carbons (Fsp3) is 0.333. The van der Waals surface area contributed by atoms with Gasteiger partial charge in [0, 0.05) is 6.54 Å². The Morgan fingerprint density at radius 2 is 2.20 bits per heavy atom. The lowest BCUT2D eigenvalue weighted by molar-refractivity contribution is 0.595. The largest absolute Gasteiger partial charge is 0.371 e. The molecule has 1 unspecified atom stereocenters. The maximum atomic E-state index is 11.7. The van der Waals surface area contributed by atoms with Gasteiger partial charge in [-0.15, -0.1) is 0 Å². The van der Waals surface area contributed by atoms with Crippen molar-refractivity contribution in [2.24, 2.45) is 5.92 Å². The van der Waals surface area contributed by atoms with Gasteiger partial charge in [0.05, 0.1) is 28.1 Å². The van der Waals surface area contributed by atoms with E-state index in [1.165, 1.54) is 0 Å². The number of fused-ring (bicyclic) bond motifs is 3. The summed E-state index contributed by atoms with van der Waals surface area (Å²) in [6, 6.07) is 11.9. The van der Waals surface area contributed by atoms with E-state index in [0.717, 1.165) is 22.4 Å². The molecule has 0 aliphatic carbocycles. The number of aryl methyl sites for hydroxylation is 1. The average Bonchev–Trinajstić information content (AvgIpc) is 3.12. The van der Waals surface area contributed by atoms with Crippen molar-refractivity contribution in [3.05, 3.63) is 41.5 Å². The number of nitriles is 1.